The van der Waals surface area contributed by atoms with Crippen LogP contribution in [-0.4, -0.2) is 26.1 Å². The topological polar surface area (TPSA) is 80.7 Å². The minimum Gasteiger partial charge on any atom is -0.295 e. The SMILES string of the molecule is Cc1cnc(C(=O)Nc2nncs2)cn1. The van der Waals surface area contributed by atoms with Gasteiger partial charge in [0.15, 0.2) is 0 Å². The van der Waals surface area contributed by atoms with Gasteiger partial charge in [0.05, 0.1) is 11.9 Å². The molecule has 0 saturated carbocycles. The number of hydrogen-bond acceptors (Lipinski definition) is 6. The van der Waals surface area contributed by atoms with Crippen LogP contribution in [0, 0.1) is 6.92 Å². The van der Waals surface area contributed by atoms with Gasteiger partial charge >= 0.3 is 0 Å². The Morgan fingerprint density at radius 3 is 2.87 bits per heavy atom. The molecule has 0 saturated heterocycles. The predicted octanol–water partition coefficient (Wildman–Crippen LogP) is 0.889. The highest BCUT2D eigenvalue weighted by molar-refractivity contribution is 7.13. The number of aryl methyl sites for hydroxylation is 1. The molecule has 1 amide bonds. The molecule has 15 heavy (non-hydrogen) atoms. The van der Waals surface area contributed by atoms with Crippen molar-refractivity contribution in [2.24, 2.45) is 0 Å². The van der Waals surface area contributed by atoms with Crippen LogP contribution in [0.5, 0.6) is 0 Å². The quantitative estimate of drug-likeness (QED) is 0.814. The molecule has 2 rings (SSSR count). The Morgan fingerprint density at radius 1 is 1.40 bits per heavy atom. The van der Waals surface area contributed by atoms with E-state index in [0.29, 0.717) is 5.13 Å². The van der Waals surface area contributed by atoms with Crippen LogP contribution >= 0.6 is 11.3 Å². The zero-order valence-electron chi connectivity index (χ0n) is 7.84. The first-order valence-electron chi connectivity index (χ1n) is 4.12. The number of hydrogen-bond donors (Lipinski definition) is 1. The zero-order chi connectivity index (χ0) is 10.7. The van der Waals surface area contributed by atoms with Gasteiger partial charge < -0.3 is 0 Å². The van der Waals surface area contributed by atoms with E-state index in [-0.39, 0.29) is 11.6 Å². The molecule has 0 radical (unpaired) electrons. The van der Waals surface area contributed by atoms with E-state index in [4.69, 9.17) is 0 Å². The van der Waals surface area contributed by atoms with Crippen LogP contribution in [0.3, 0.4) is 0 Å². The van der Waals surface area contributed by atoms with Gasteiger partial charge in [0.25, 0.3) is 5.91 Å². The average Bonchev–Trinajstić information content (AvgIpc) is 2.71. The fraction of sp³-hybridized carbons (Fsp3) is 0.125. The molecule has 2 heterocycles. The summed E-state index contributed by atoms with van der Waals surface area (Å²) in [5, 5.41) is 10.3. The summed E-state index contributed by atoms with van der Waals surface area (Å²) < 4.78 is 0. The lowest BCUT2D eigenvalue weighted by Crippen LogP contribution is -2.13. The van der Waals surface area contributed by atoms with E-state index >= 15 is 0 Å². The largest absolute Gasteiger partial charge is 0.295 e. The molecule has 0 aliphatic rings. The molecule has 1 N–H and O–H groups in total. The summed E-state index contributed by atoms with van der Waals surface area (Å²) in [6.07, 6.45) is 2.96. The van der Waals surface area contributed by atoms with E-state index in [1.54, 1.807) is 6.92 Å². The third-order valence-electron chi connectivity index (χ3n) is 1.59. The van der Waals surface area contributed by atoms with Crippen molar-refractivity contribution in [2.45, 2.75) is 6.92 Å². The van der Waals surface area contributed by atoms with Gasteiger partial charge in [-0.1, -0.05) is 11.3 Å². The summed E-state index contributed by atoms with van der Waals surface area (Å²) in [6.45, 7) is 1.80. The van der Waals surface area contributed by atoms with Gasteiger partial charge in [-0.3, -0.25) is 15.1 Å². The van der Waals surface area contributed by atoms with Gasteiger partial charge in [0, 0.05) is 6.20 Å². The van der Waals surface area contributed by atoms with Gasteiger partial charge in [0.2, 0.25) is 5.13 Å². The fourth-order valence-electron chi connectivity index (χ4n) is 0.899. The number of carbonyl (C=O) groups is 1. The molecule has 0 spiro atoms. The van der Waals surface area contributed by atoms with E-state index in [1.165, 1.54) is 29.2 Å². The molecular weight excluding hydrogens is 214 g/mol. The molecule has 0 bridgehead atoms. The Hall–Kier alpha value is -1.89. The maximum atomic E-state index is 11.5. The summed E-state index contributed by atoms with van der Waals surface area (Å²) >= 11 is 1.25. The van der Waals surface area contributed by atoms with Crippen molar-refractivity contribution >= 4 is 22.4 Å². The Balaban J connectivity index is 2.11. The molecule has 6 nitrogen and oxygen atoms in total. The molecular formula is C8H7N5OS. The first-order valence-corrected chi connectivity index (χ1v) is 5.00. The standard InChI is InChI=1S/C8H7N5OS/c1-5-2-10-6(3-9-5)7(14)12-8-13-11-4-15-8/h2-4H,1H3,(H,12,13,14). The molecule has 0 aromatic carbocycles. The molecule has 2 aromatic heterocycles. The Labute approximate surface area is 89.4 Å². The van der Waals surface area contributed by atoms with Crippen molar-refractivity contribution in [2.75, 3.05) is 5.32 Å². The van der Waals surface area contributed by atoms with Crippen molar-refractivity contribution in [1.29, 1.82) is 0 Å². The van der Waals surface area contributed by atoms with E-state index in [1.807, 2.05) is 0 Å². The van der Waals surface area contributed by atoms with E-state index < -0.39 is 0 Å². The molecule has 0 aliphatic heterocycles. The lowest BCUT2D eigenvalue weighted by Gasteiger charge is -1.99. The van der Waals surface area contributed by atoms with Gasteiger partial charge in [-0.25, -0.2) is 4.98 Å². The highest BCUT2D eigenvalue weighted by atomic mass is 32.1. The third-order valence-corrected chi connectivity index (χ3v) is 2.20. The van der Waals surface area contributed by atoms with Crippen LogP contribution < -0.4 is 5.32 Å². The maximum Gasteiger partial charge on any atom is 0.277 e. The van der Waals surface area contributed by atoms with Gasteiger partial charge in [-0.05, 0) is 6.92 Å². The second-order valence-corrected chi connectivity index (χ2v) is 3.57. The predicted molar refractivity (Wildman–Crippen MR) is 54.6 cm³/mol. The number of amides is 1. The molecule has 0 unspecified atom stereocenters. The van der Waals surface area contributed by atoms with E-state index in [0.717, 1.165) is 5.69 Å². The highest BCUT2D eigenvalue weighted by Crippen LogP contribution is 2.09. The van der Waals surface area contributed by atoms with Crippen LogP contribution in [0.15, 0.2) is 17.9 Å². The van der Waals surface area contributed by atoms with E-state index in [9.17, 15) is 4.79 Å². The van der Waals surface area contributed by atoms with Crippen molar-refractivity contribution < 1.29 is 4.79 Å². The molecule has 0 aliphatic carbocycles. The van der Waals surface area contributed by atoms with Crippen molar-refractivity contribution in [1.82, 2.24) is 20.2 Å². The third kappa shape index (κ3) is 2.32. The smallest absolute Gasteiger partial charge is 0.277 e. The molecule has 2 aromatic rings. The van der Waals surface area contributed by atoms with Gasteiger partial charge in [0.1, 0.15) is 11.2 Å². The summed E-state index contributed by atoms with van der Waals surface area (Å²) in [4.78, 5) is 19.5. The summed E-state index contributed by atoms with van der Waals surface area (Å²) in [5.74, 6) is -0.334. The first-order chi connectivity index (χ1) is 7.25. The van der Waals surface area contributed by atoms with Crippen LogP contribution in [-0.2, 0) is 0 Å². The second-order valence-electron chi connectivity index (χ2n) is 2.74. The van der Waals surface area contributed by atoms with Gasteiger partial charge in [-0.2, -0.15) is 0 Å². The Kier molecular flexibility index (Phi) is 2.64. The monoisotopic (exact) mass is 221 g/mol. The van der Waals surface area contributed by atoms with E-state index in [2.05, 4.69) is 25.5 Å². The van der Waals surface area contributed by atoms with Crippen LogP contribution in [0.25, 0.3) is 0 Å². The van der Waals surface area contributed by atoms with Crippen LogP contribution in [0.4, 0.5) is 5.13 Å². The Morgan fingerprint density at radius 2 is 2.27 bits per heavy atom. The number of rotatable bonds is 2. The van der Waals surface area contributed by atoms with Crippen molar-refractivity contribution in [3.05, 3.63) is 29.3 Å². The average molecular weight is 221 g/mol. The highest BCUT2D eigenvalue weighted by Gasteiger charge is 2.09. The lowest BCUT2D eigenvalue weighted by molar-refractivity contribution is 0.102. The fourth-order valence-corrected chi connectivity index (χ4v) is 1.34. The number of anilines is 1. The Bertz CT molecular complexity index is 452. The van der Waals surface area contributed by atoms with Crippen LogP contribution in [0.2, 0.25) is 0 Å². The second kappa shape index (κ2) is 4.09. The molecule has 76 valence electrons. The molecule has 7 heteroatoms. The summed E-state index contributed by atoms with van der Waals surface area (Å²) in [5.41, 5.74) is 2.56. The van der Waals surface area contributed by atoms with Crippen molar-refractivity contribution in [3.63, 3.8) is 0 Å². The number of aromatic nitrogens is 4. The molecule has 0 fully saturated rings. The molecule has 0 atom stereocenters. The van der Waals surface area contributed by atoms with Gasteiger partial charge in [-0.15, -0.1) is 10.2 Å². The summed E-state index contributed by atoms with van der Waals surface area (Å²) in [6, 6.07) is 0. The number of nitrogens with one attached hydrogen (secondary N) is 1. The minimum absolute atomic E-state index is 0.260. The van der Waals surface area contributed by atoms with Crippen LogP contribution in [0.1, 0.15) is 16.2 Å². The first kappa shape index (κ1) is 9.66. The normalized spacial score (nSPS) is 9.93. The zero-order valence-corrected chi connectivity index (χ0v) is 8.65. The van der Waals surface area contributed by atoms with Crippen molar-refractivity contribution in [3.8, 4) is 0 Å². The minimum atomic E-state index is -0.334. The number of nitrogens with zero attached hydrogens (tertiary/aromatic N) is 4. The maximum absolute atomic E-state index is 11.5. The summed E-state index contributed by atoms with van der Waals surface area (Å²) in [7, 11) is 0. The lowest BCUT2D eigenvalue weighted by atomic mass is 10.4. The number of carbonyl (C=O) groups excluding carboxylic acids is 1.